The van der Waals surface area contributed by atoms with E-state index in [1.807, 2.05) is 22.4 Å². The maximum absolute atomic E-state index is 12.6. The Morgan fingerprint density at radius 3 is 2.92 bits per heavy atom. The molecule has 0 radical (unpaired) electrons. The van der Waals surface area contributed by atoms with Crippen LogP contribution in [0.1, 0.15) is 37.2 Å². The van der Waals surface area contributed by atoms with Crippen molar-refractivity contribution in [2.45, 2.75) is 12.3 Å². The maximum Gasteiger partial charge on any atom is 0.263 e. The highest BCUT2D eigenvalue weighted by Gasteiger charge is 2.33. The summed E-state index contributed by atoms with van der Waals surface area (Å²) in [5.41, 5.74) is 1.70. The molecule has 8 heteroatoms. The highest BCUT2D eigenvalue weighted by Crippen LogP contribution is 2.38. The van der Waals surface area contributed by atoms with Crippen molar-refractivity contribution in [2.75, 3.05) is 20.1 Å². The van der Waals surface area contributed by atoms with Crippen molar-refractivity contribution in [1.29, 1.82) is 0 Å². The predicted molar refractivity (Wildman–Crippen MR) is 98.4 cm³/mol. The summed E-state index contributed by atoms with van der Waals surface area (Å²) in [7, 11) is 1.62. The summed E-state index contributed by atoms with van der Waals surface area (Å²) in [5, 5.41) is 4.61. The monoisotopic (exact) mass is 372 g/mol. The van der Waals surface area contributed by atoms with Crippen molar-refractivity contribution in [1.82, 2.24) is 20.2 Å². The van der Waals surface area contributed by atoms with E-state index in [2.05, 4.69) is 15.3 Å². The Kier molecular flexibility index (Phi) is 4.22. The Morgan fingerprint density at radius 1 is 1.32 bits per heavy atom. The van der Waals surface area contributed by atoms with Crippen molar-refractivity contribution in [3.05, 3.63) is 45.2 Å². The van der Waals surface area contributed by atoms with Crippen molar-refractivity contribution in [3.63, 3.8) is 0 Å². The molecular weight excluding hydrogens is 356 g/mol. The number of hydrogen-bond donors (Lipinski definition) is 1. The Hall–Kier alpha value is -2.32. The highest BCUT2D eigenvalue weighted by atomic mass is 32.1. The summed E-state index contributed by atoms with van der Waals surface area (Å²) in [6.07, 6.45) is 4.11. The number of hydrogen-bond acceptors (Lipinski definition) is 6. The summed E-state index contributed by atoms with van der Waals surface area (Å²) in [6.45, 7) is 1.29. The lowest BCUT2D eigenvalue weighted by Crippen LogP contribution is -2.28. The summed E-state index contributed by atoms with van der Waals surface area (Å²) in [6, 6.07) is 3.73. The molecule has 4 heterocycles. The van der Waals surface area contributed by atoms with E-state index < -0.39 is 0 Å². The molecule has 0 saturated carbocycles. The summed E-state index contributed by atoms with van der Waals surface area (Å²) in [4.78, 5) is 37.7. The number of fused-ring (bicyclic) bond motifs is 1. The molecular formula is C17H16N4O2S2. The lowest BCUT2D eigenvalue weighted by Gasteiger charge is -2.16. The van der Waals surface area contributed by atoms with E-state index >= 15 is 0 Å². The third kappa shape index (κ3) is 2.81. The normalized spacial score (nSPS) is 17.2. The first-order valence-corrected chi connectivity index (χ1v) is 9.67. The quantitative estimate of drug-likeness (QED) is 0.767. The standard InChI is InChI=1S/C17H16N4O2S2/c1-18-15(22)14-12(13-16(25-14)20-6-5-19-13)10-4-7-21(9-10)17(23)11-3-2-8-24-11/h2-3,5-6,8,10H,4,7,9H2,1H3,(H,18,22)/t10-/m0/s1. The smallest absolute Gasteiger partial charge is 0.263 e. The molecule has 0 aliphatic carbocycles. The average Bonchev–Trinajstić information content (AvgIpc) is 3.38. The number of carbonyl (C=O) groups is 2. The number of likely N-dealkylation sites (tertiary alicyclic amines) is 1. The third-order valence-corrected chi connectivity index (χ3v) is 6.37. The number of carbonyl (C=O) groups excluding carboxylic acids is 2. The first-order chi connectivity index (χ1) is 12.2. The third-order valence-electron chi connectivity index (χ3n) is 4.41. The van der Waals surface area contributed by atoms with Crippen molar-refractivity contribution >= 4 is 44.8 Å². The molecule has 4 rings (SSSR count). The number of thiophene rings is 2. The molecule has 1 saturated heterocycles. The van der Waals surface area contributed by atoms with Crippen LogP contribution in [0.3, 0.4) is 0 Å². The topological polar surface area (TPSA) is 75.2 Å². The lowest BCUT2D eigenvalue weighted by molar-refractivity contribution is 0.0795. The number of nitrogens with one attached hydrogen (secondary N) is 1. The van der Waals surface area contributed by atoms with E-state index in [1.165, 1.54) is 22.7 Å². The minimum Gasteiger partial charge on any atom is -0.354 e. The van der Waals surface area contributed by atoms with E-state index in [1.54, 1.807) is 19.4 Å². The first-order valence-electron chi connectivity index (χ1n) is 7.97. The molecule has 1 aliphatic heterocycles. The van der Waals surface area contributed by atoms with Crippen molar-refractivity contribution < 1.29 is 9.59 Å². The second-order valence-corrected chi connectivity index (χ2v) is 7.79. The second-order valence-electron chi connectivity index (χ2n) is 5.85. The molecule has 0 spiro atoms. The minimum absolute atomic E-state index is 0.0598. The summed E-state index contributed by atoms with van der Waals surface area (Å²) in [5.74, 6) is 0.0362. The van der Waals surface area contributed by atoms with E-state index in [0.29, 0.717) is 18.0 Å². The van der Waals surface area contributed by atoms with Crippen LogP contribution in [0.5, 0.6) is 0 Å². The fourth-order valence-corrected chi connectivity index (χ4v) is 5.07. The molecule has 0 aromatic carbocycles. The zero-order chi connectivity index (χ0) is 17.4. The van der Waals surface area contributed by atoms with Crippen LogP contribution in [0.15, 0.2) is 29.9 Å². The second kappa shape index (κ2) is 6.53. The van der Waals surface area contributed by atoms with Crippen LogP contribution in [-0.4, -0.2) is 46.8 Å². The van der Waals surface area contributed by atoms with Gasteiger partial charge in [-0.15, -0.1) is 22.7 Å². The highest BCUT2D eigenvalue weighted by molar-refractivity contribution is 7.20. The Balaban J connectivity index is 1.68. The van der Waals surface area contributed by atoms with E-state index in [0.717, 1.165) is 27.2 Å². The van der Waals surface area contributed by atoms with Gasteiger partial charge in [0, 0.05) is 44.0 Å². The Labute approximate surface area is 152 Å². The van der Waals surface area contributed by atoms with Gasteiger partial charge < -0.3 is 10.2 Å². The number of nitrogens with zero attached hydrogens (tertiary/aromatic N) is 3. The Morgan fingerprint density at radius 2 is 2.16 bits per heavy atom. The van der Waals surface area contributed by atoms with E-state index in [-0.39, 0.29) is 17.7 Å². The summed E-state index contributed by atoms with van der Waals surface area (Å²) < 4.78 is 0. The zero-order valence-electron chi connectivity index (χ0n) is 13.6. The van der Waals surface area contributed by atoms with Crippen molar-refractivity contribution in [2.24, 2.45) is 0 Å². The van der Waals surface area contributed by atoms with Crippen LogP contribution in [0, 0.1) is 0 Å². The zero-order valence-corrected chi connectivity index (χ0v) is 15.2. The van der Waals surface area contributed by atoms with Crippen molar-refractivity contribution in [3.8, 4) is 0 Å². The average molecular weight is 372 g/mol. The van der Waals surface area contributed by atoms with Crippen LogP contribution in [-0.2, 0) is 0 Å². The van der Waals surface area contributed by atoms with Crippen LogP contribution in [0.4, 0.5) is 0 Å². The Bertz CT molecular complexity index is 935. The molecule has 0 bridgehead atoms. The van der Waals surface area contributed by atoms with Crippen LogP contribution in [0.2, 0.25) is 0 Å². The van der Waals surface area contributed by atoms with Gasteiger partial charge in [0.1, 0.15) is 10.3 Å². The molecule has 3 aromatic rings. The molecule has 1 aliphatic rings. The van der Waals surface area contributed by atoms with Gasteiger partial charge in [0.15, 0.2) is 0 Å². The van der Waals surface area contributed by atoms with Gasteiger partial charge in [0.25, 0.3) is 11.8 Å². The fourth-order valence-electron chi connectivity index (χ4n) is 3.24. The van der Waals surface area contributed by atoms with Gasteiger partial charge in [-0.25, -0.2) is 4.98 Å². The maximum atomic E-state index is 12.6. The van der Waals surface area contributed by atoms with Gasteiger partial charge in [-0.1, -0.05) is 6.07 Å². The fraction of sp³-hybridized carbons (Fsp3) is 0.294. The van der Waals surface area contributed by atoms with Crippen LogP contribution in [0.25, 0.3) is 10.3 Å². The number of aromatic nitrogens is 2. The molecule has 128 valence electrons. The molecule has 6 nitrogen and oxygen atoms in total. The predicted octanol–water partition coefficient (Wildman–Crippen LogP) is 2.74. The molecule has 2 amide bonds. The van der Waals surface area contributed by atoms with Gasteiger partial charge in [-0.2, -0.15) is 0 Å². The lowest BCUT2D eigenvalue weighted by atomic mass is 9.97. The molecule has 0 unspecified atom stereocenters. The van der Waals surface area contributed by atoms with E-state index in [9.17, 15) is 9.59 Å². The molecule has 1 fully saturated rings. The number of rotatable bonds is 3. The molecule has 1 N–H and O–H groups in total. The SMILES string of the molecule is CNC(=O)c1sc2nccnc2c1[C@H]1CCN(C(=O)c2cccs2)C1. The molecule has 25 heavy (non-hydrogen) atoms. The first kappa shape index (κ1) is 16.2. The molecule has 3 aromatic heterocycles. The van der Waals surface area contributed by atoms with Gasteiger partial charge >= 0.3 is 0 Å². The van der Waals surface area contributed by atoms with Gasteiger partial charge in [-0.3, -0.25) is 14.6 Å². The molecule has 1 atom stereocenters. The van der Waals surface area contributed by atoms with E-state index in [4.69, 9.17) is 0 Å². The van der Waals surface area contributed by atoms with Gasteiger partial charge in [0.2, 0.25) is 0 Å². The minimum atomic E-state index is -0.122. The van der Waals surface area contributed by atoms with Gasteiger partial charge in [0.05, 0.1) is 9.75 Å². The van der Waals surface area contributed by atoms with Crippen LogP contribution < -0.4 is 5.32 Å². The summed E-state index contributed by atoms with van der Waals surface area (Å²) >= 11 is 2.82. The van der Waals surface area contributed by atoms with Crippen LogP contribution >= 0.6 is 22.7 Å². The number of amides is 2. The largest absolute Gasteiger partial charge is 0.354 e. The van der Waals surface area contributed by atoms with Gasteiger partial charge in [-0.05, 0) is 17.9 Å².